The van der Waals surface area contributed by atoms with Crippen LogP contribution in [0.15, 0.2) is 42.9 Å². The van der Waals surface area contributed by atoms with Gasteiger partial charge in [0, 0.05) is 49.1 Å². The molecule has 0 spiro atoms. The molecular weight excluding hydrogens is 354 g/mol. The van der Waals surface area contributed by atoms with Crippen LogP contribution in [0.25, 0.3) is 17.1 Å². The Morgan fingerprint density at radius 1 is 1.32 bits per heavy atom. The first kappa shape index (κ1) is 17.9. The number of hydrogen-bond donors (Lipinski definition) is 2. The summed E-state index contributed by atoms with van der Waals surface area (Å²) in [5.41, 5.74) is 3.66. The number of carbonyl (C=O) groups is 2. The molecule has 2 amide bonds. The number of rotatable bonds is 4. The van der Waals surface area contributed by atoms with Crippen LogP contribution in [0.3, 0.4) is 0 Å². The number of anilines is 1. The maximum atomic E-state index is 12.7. The summed E-state index contributed by atoms with van der Waals surface area (Å²) in [6, 6.07) is 5.74. The lowest BCUT2D eigenvalue weighted by molar-refractivity contribution is -0.126. The molecular formula is C21H21N5O2. The van der Waals surface area contributed by atoms with Crippen LogP contribution in [0.2, 0.25) is 0 Å². The number of H-pyrrole nitrogens is 1. The number of aromatic amines is 1. The number of aromatic nitrogens is 3. The normalized spacial score (nSPS) is 14.7. The number of amides is 2. The molecule has 4 heterocycles. The van der Waals surface area contributed by atoms with Gasteiger partial charge in [-0.1, -0.05) is 0 Å². The van der Waals surface area contributed by atoms with Crippen LogP contribution < -0.4 is 5.32 Å². The SMILES string of the molecule is CC(c1c[nH]c2ncccc12)N(C)C(=O)/C=C/c1cnc2c(c1)CCC(=O)N2. The van der Waals surface area contributed by atoms with Crippen LogP contribution in [0.5, 0.6) is 0 Å². The van der Waals surface area contributed by atoms with Gasteiger partial charge in [-0.2, -0.15) is 0 Å². The van der Waals surface area contributed by atoms with E-state index in [2.05, 4.69) is 20.3 Å². The Balaban J connectivity index is 1.49. The van der Waals surface area contributed by atoms with Crippen molar-refractivity contribution in [1.29, 1.82) is 0 Å². The van der Waals surface area contributed by atoms with Crippen molar-refractivity contribution >= 4 is 34.7 Å². The van der Waals surface area contributed by atoms with E-state index in [1.807, 2.05) is 31.3 Å². The van der Waals surface area contributed by atoms with Gasteiger partial charge in [0.25, 0.3) is 0 Å². The van der Waals surface area contributed by atoms with Crippen molar-refractivity contribution in [2.24, 2.45) is 0 Å². The zero-order valence-corrected chi connectivity index (χ0v) is 15.8. The minimum atomic E-state index is -0.105. The Morgan fingerprint density at radius 2 is 2.18 bits per heavy atom. The highest BCUT2D eigenvalue weighted by molar-refractivity contribution is 5.94. The smallest absolute Gasteiger partial charge is 0.246 e. The molecule has 1 atom stereocenters. The summed E-state index contributed by atoms with van der Waals surface area (Å²) in [7, 11) is 1.78. The number of likely N-dealkylation sites (N-methyl/N-ethyl adjacent to an activating group) is 1. The topological polar surface area (TPSA) is 91.0 Å². The van der Waals surface area contributed by atoms with Crippen molar-refractivity contribution in [2.45, 2.75) is 25.8 Å². The van der Waals surface area contributed by atoms with Gasteiger partial charge < -0.3 is 15.2 Å². The lowest BCUT2D eigenvalue weighted by atomic mass is 10.0. The van der Waals surface area contributed by atoms with Gasteiger partial charge in [-0.3, -0.25) is 9.59 Å². The Labute approximate surface area is 162 Å². The zero-order chi connectivity index (χ0) is 19.7. The van der Waals surface area contributed by atoms with Crippen molar-refractivity contribution in [1.82, 2.24) is 19.9 Å². The van der Waals surface area contributed by atoms with Gasteiger partial charge in [-0.15, -0.1) is 0 Å². The molecule has 0 aromatic carbocycles. The van der Waals surface area contributed by atoms with E-state index < -0.39 is 0 Å². The molecule has 0 saturated heterocycles. The minimum absolute atomic E-state index is 0.0124. The second-order valence-corrected chi connectivity index (χ2v) is 6.93. The molecule has 3 aromatic heterocycles. The Morgan fingerprint density at radius 3 is 3.04 bits per heavy atom. The molecule has 28 heavy (non-hydrogen) atoms. The average Bonchev–Trinajstić information content (AvgIpc) is 3.15. The minimum Gasteiger partial charge on any atom is -0.346 e. The van der Waals surface area contributed by atoms with Crippen LogP contribution in [-0.4, -0.2) is 38.7 Å². The molecule has 1 unspecified atom stereocenters. The number of fused-ring (bicyclic) bond motifs is 2. The fourth-order valence-electron chi connectivity index (χ4n) is 3.37. The summed E-state index contributed by atoms with van der Waals surface area (Å²) < 4.78 is 0. The molecule has 2 N–H and O–H groups in total. The predicted octanol–water partition coefficient (Wildman–Crippen LogP) is 3.08. The standard InChI is InChI=1S/C21H21N5O2/c1-13(17-12-24-21-16(17)4-3-9-22-21)26(2)19(28)8-5-14-10-15-6-7-18(27)25-20(15)23-11-14/h3-5,8-13H,6-7H2,1-2H3,(H,22,24)(H,23,25,27)/b8-5+. The summed E-state index contributed by atoms with van der Waals surface area (Å²) in [5, 5.41) is 3.77. The van der Waals surface area contributed by atoms with Crippen LogP contribution in [0, 0.1) is 0 Å². The molecule has 4 rings (SSSR count). The van der Waals surface area contributed by atoms with Gasteiger partial charge in [0.15, 0.2) is 0 Å². The van der Waals surface area contributed by atoms with E-state index in [0.717, 1.165) is 27.7 Å². The third kappa shape index (κ3) is 3.38. The lowest BCUT2D eigenvalue weighted by Gasteiger charge is -2.23. The van der Waals surface area contributed by atoms with Gasteiger partial charge in [0.2, 0.25) is 11.8 Å². The Hall–Kier alpha value is -3.48. The van der Waals surface area contributed by atoms with Crippen LogP contribution in [0.4, 0.5) is 5.82 Å². The highest BCUT2D eigenvalue weighted by atomic mass is 16.2. The molecule has 0 aliphatic carbocycles. The molecule has 0 saturated carbocycles. The largest absolute Gasteiger partial charge is 0.346 e. The van der Waals surface area contributed by atoms with Crippen LogP contribution in [-0.2, 0) is 16.0 Å². The van der Waals surface area contributed by atoms with E-state index in [0.29, 0.717) is 18.7 Å². The van der Waals surface area contributed by atoms with E-state index in [1.165, 1.54) is 0 Å². The Kier molecular flexibility index (Phi) is 4.65. The summed E-state index contributed by atoms with van der Waals surface area (Å²) in [4.78, 5) is 37.5. The first-order chi connectivity index (χ1) is 13.5. The third-order valence-corrected chi connectivity index (χ3v) is 5.15. The van der Waals surface area contributed by atoms with E-state index in [9.17, 15) is 9.59 Å². The first-order valence-electron chi connectivity index (χ1n) is 9.18. The molecule has 7 nitrogen and oxygen atoms in total. The van der Waals surface area contributed by atoms with Crippen molar-refractivity contribution < 1.29 is 9.59 Å². The highest BCUT2D eigenvalue weighted by Crippen LogP contribution is 2.26. The van der Waals surface area contributed by atoms with Crippen LogP contribution >= 0.6 is 0 Å². The first-order valence-corrected chi connectivity index (χ1v) is 9.18. The second-order valence-electron chi connectivity index (χ2n) is 6.93. The summed E-state index contributed by atoms with van der Waals surface area (Å²) in [6.07, 6.45) is 9.72. The second kappa shape index (κ2) is 7.26. The van der Waals surface area contributed by atoms with Crippen LogP contribution in [0.1, 0.15) is 36.1 Å². The summed E-state index contributed by atoms with van der Waals surface area (Å²) >= 11 is 0. The third-order valence-electron chi connectivity index (χ3n) is 5.15. The maximum Gasteiger partial charge on any atom is 0.246 e. The highest BCUT2D eigenvalue weighted by Gasteiger charge is 2.19. The number of carbonyl (C=O) groups excluding carboxylic acids is 2. The van der Waals surface area contributed by atoms with Crippen molar-refractivity contribution in [3.63, 3.8) is 0 Å². The zero-order valence-electron chi connectivity index (χ0n) is 15.8. The predicted molar refractivity (Wildman–Crippen MR) is 108 cm³/mol. The van der Waals surface area contributed by atoms with Gasteiger partial charge in [-0.05, 0) is 48.7 Å². The van der Waals surface area contributed by atoms with Crippen molar-refractivity contribution in [3.05, 3.63) is 59.6 Å². The van der Waals surface area contributed by atoms with Gasteiger partial charge >= 0.3 is 0 Å². The molecule has 3 aromatic rings. The number of hydrogen-bond acceptors (Lipinski definition) is 4. The maximum absolute atomic E-state index is 12.7. The summed E-state index contributed by atoms with van der Waals surface area (Å²) in [6.45, 7) is 1.99. The van der Waals surface area contributed by atoms with E-state index >= 15 is 0 Å². The molecule has 0 fully saturated rings. The molecule has 7 heteroatoms. The fourth-order valence-corrected chi connectivity index (χ4v) is 3.37. The Bertz CT molecular complexity index is 1090. The van der Waals surface area contributed by atoms with Gasteiger partial charge in [0.05, 0.1) is 6.04 Å². The number of nitrogens with zero attached hydrogens (tertiary/aromatic N) is 3. The molecule has 142 valence electrons. The number of aryl methyl sites for hydroxylation is 1. The fraction of sp³-hybridized carbons (Fsp3) is 0.238. The van der Waals surface area contributed by atoms with E-state index in [1.54, 1.807) is 36.5 Å². The molecule has 1 aliphatic heterocycles. The monoisotopic (exact) mass is 375 g/mol. The average molecular weight is 375 g/mol. The number of nitrogens with one attached hydrogen (secondary N) is 2. The van der Waals surface area contributed by atoms with Crippen molar-refractivity contribution in [2.75, 3.05) is 12.4 Å². The number of pyridine rings is 2. The molecule has 1 aliphatic rings. The van der Waals surface area contributed by atoms with Gasteiger partial charge in [0.1, 0.15) is 11.5 Å². The van der Waals surface area contributed by atoms with E-state index in [-0.39, 0.29) is 17.9 Å². The van der Waals surface area contributed by atoms with E-state index in [4.69, 9.17) is 0 Å². The molecule has 0 radical (unpaired) electrons. The quantitative estimate of drug-likeness (QED) is 0.686. The van der Waals surface area contributed by atoms with Gasteiger partial charge in [-0.25, -0.2) is 9.97 Å². The lowest BCUT2D eigenvalue weighted by Crippen LogP contribution is -2.27. The van der Waals surface area contributed by atoms with Crippen molar-refractivity contribution in [3.8, 4) is 0 Å². The molecule has 0 bridgehead atoms. The summed E-state index contributed by atoms with van der Waals surface area (Å²) in [5.74, 6) is 0.497.